The third-order valence-corrected chi connectivity index (χ3v) is 3.52. The van der Waals surface area contributed by atoms with Gasteiger partial charge in [0.15, 0.2) is 0 Å². The summed E-state index contributed by atoms with van der Waals surface area (Å²) in [4.78, 5) is 13.8. The molecule has 2 amide bonds. The van der Waals surface area contributed by atoms with E-state index in [2.05, 4.69) is 27.7 Å². The van der Waals surface area contributed by atoms with Gasteiger partial charge in [0.1, 0.15) is 12.4 Å². The Kier molecular flexibility index (Phi) is 6.95. The molecular weight excluding hydrogens is 302 g/mol. The third kappa shape index (κ3) is 5.83. The average molecular weight is 327 g/mol. The molecule has 5 nitrogen and oxygen atoms in total. The number of hydrogen-bond donors (Lipinski definition) is 2. The lowest BCUT2D eigenvalue weighted by molar-refractivity contribution is 0.252. The number of benzene rings is 2. The number of ether oxygens (including phenoxy) is 1. The Morgan fingerprint density at radius 2 is 1.92 bits per heavy atom. The van der Waals surface area contributed by atoms with E-state index in [1.54, 1.807) is 0 Å². The first kappa shape index (κ1) is 17.7. The molecule has 2 aromatic carbocycles. The number of hydrogen-bond acceptors (Lipinski definition) is 3. The largest absolute Gasteiger partial charge is 0.492 e. The van der Waals surface area contributed by atoms with Crippen LogP contribution >= 0.6 is 0 Å². The van der Waals surface area contributed by atoms with Crippen LogP contribution in [0, 0.1) is 0 Å². The zero-order valence-corrected chi connectivity index (χ0v) is 14.3. The van der Waals surface area contributed by atoms with E-state index in [1.165, 1.54) is 0 Å². The molecule has 0 bridgehead atoms. The maximum Gasteiger partial charge on any atom is 0.319 e. The number of rotatable bonds is 8. The highest BCUT2D eigenvalue weighted by Gasteiger charge is 2.03. The Bertz CT molecular complexity index is 632. The fourth-order valence-corrected chi connectivity index (χ4v) is 2.19. The quantitative estimate of drug-likeness (QED) is 0.777. The number of likely N-dealkylation sites (N-methyl/N-ethyl adjacent to an activating group) is 1. The minimum atomic E-state index is -0.196. The van der Waals surface area contributed by atoms with E-state index in [0.717, 1.165) is 30.1 Å². The molecule has 0 spiro atoms. The fraction of sp³-hybridized carbons (Fsp3) is 0.316. The van der Waals surface area contributed by atoms with Gasteiger partial charge in [0.05, 0.1) is 6.54 Å². The standard InChI is InChI=1S/C19H25N3O2/c1-3-12-20-19(23)21-16-8-7-11-18(15-16)24-14-13-22(2)17-9-5-4-6-10-17/h4-11,15H,3,12-14H2,1-2H3,(H2,20,21,23). The Labute approximate surface area is 143 Å². The lowest BCUT2D eigenvalue weighted by Crippen LogP contribution is -2.29. The molecule has 2 rings (SSSR count). The van der Waals surface area contributed by atoms with Gasteiger partial charge >= 0.3 is 6.03 Å². The average Bonchev–Trinajstić information content (AvgIpc) is 2.61. The molecule has 0 aliphatic heterocycles. The summed E-state index contributed by atoms with van der Waals surface area (Å²) in [6, 6.07) is 17.4. The van der Waals surface area contributed by atoms with Crippen LogP contribution in [0.25, 0.3) is 0 Å². The molecule has 2 N–H and O–H groups in total. The second kappa shape index (κ2) is 9.45. The van der Waals surface area contributed by atoms with Gasteiger partial charge in [0.2, 0.25) is 0 Å². The van der Waals surface area contributed by atoms with Crippen LogP contribution in [0.5, 0.6) is 5.75 Å². The maximum atomic E-state index is 11.7. The summed E-state index contributed by atoms with van der Waals surface area (Å²) in [5.41, 5.74) is 1.88. The molecule has 0 unspecified atom stereocenters. The number of para-hydroxylation sites is 1. The van der Waals surface area contributed by atoms with Gasteiger partial charge in [-0.05, 0) is 30.7 Å². The molecule has 0 aromatic heterocycles. The van der Waals surface area contributed by atoms with Crippen LogP contribution in [0.2, 0.25) is 0 Å². The monoisotopic (exact) mass is 327 g/mol. The van der Waals surface area contributed by atoms with E-state index in [4.69, 9.17) is 4.74 Å². The van der Waals surface area contributed by atoms with Crippen molar-refractivity contribution in [3.05, 3.63) is 54.6 Å². The minimum absolute atomic E-state index is 0.196. The van der Waals surface area contributed by atoms with E-state index in [1.807, 2.05) is 56.4 Å². The molecule has 0 atom stereocenters. The predicted molar refractivity (Wildman–Crippen MR) is 99.0 cm³/mol. The van der Waals surface area contributed by atoms with Crippen molar-refractivity contribution in [2.24, 2.45) is 0 Å². The zero-order chi connectivity index (χ0) is 17.2. The molecular formula is C19H25N3O2. The van der Waals surface area contributed by atoms with Gasteiger partial charge in [-0.3, -0.25) is 0 Å². The molecule has 24 heavy (non-hydrogen) atoms. The molecule has 0 saturated carbocycles. The van der Waals surface area contributed by atoms with Crippen molar-refractivity contribution in [3.8, 4) is 5.75 Å². The van der Waals surface area contributed by atoms with Gasteiger partial charge in [-0.15, -0.1) is 0 Å². The van der Waals surface area contributed by atoms with Crippen LogP contribution in [0.4, 0.5) is 16.2 Å². The van der Waals surface area contributed by atoms with E-state index in [9.17, 15) is 4.79 Å². The van der Waals surface area contributed by atoms with Crippen molar-refractivity contribution in [2.75, 3.05) is 37.0 Å². The predicted octanol–water partition coefficient (Wildman–Crippen LogP) is 3.73. The van der Waals surface area contributed by atoms with Crippen molar-refractivity contribution in [1.29, 1.82) is 0 Å². The zero-order valence-electron chi connectivity index (χ0n) is 14.3. The lowest BCUT2D eigenvalue weighted by atomic mass is 10.3. The van der Waals surface area contributed by atoms with Crippen LogP contribution in [0.1, 0.15) is 13.3 Å². The first-order valence-electron chi connectivity index (χ1n) is 8.23. The van der Waals surface area contributed by atoms with Crippen molar-refractivity contribution < 1.29 is 9.53 Å². The molecule has 0 aliphatic rings. The summed E-state index contributed by atoms with van der Waals surface area (Å²) in [6.07, 6.45) is 0.908. The molecule has 0 aliphatic carbocycles. The summed E-state index contributed by atoms with van der Waals surface area (Å²) in [5.74, 6) is 0.741. The number of nitrogens with zero attached hydrogens (tertiary/aromatic N) is 1. The minimum Gasteiger partial charge on any atom is -0.492 e. The van der Waals surface area contributed by atoms with Crippen molar-refractivity contribution >= 4 is 17.4 Å². The molecule has 0 fully saturated rings. The summed E-state index contributed by atoms with van der Waals surface area (Å²) >= 11 is 0. The third-order valence-electron chi connectivity index (χ3n) is 3.52. The highest BCUT2D eigenvalue weighted by atomic mass is 16.5. The van der Waals surface area contributed by atoms with E-state index < -0.39 is 0 Å². The Morgan fingerprint density at radius 1 is 1.12 bits per heavy atom. The smallest absolute Gasteiger partial charge is 0.319 e. The van der Waals surface area contributed by atoms with Crippen molar-refractivity contribution in [1.82, 2.24) is 5.32 Å². The molecule has 128 valence electrons. The number of anilines is 2. The van der Waals surface area contributed by atoms with E-state index in [-0.39, 0.29) is 6.03 Å². The van der Waals surface area contributed by atoms with Gasteiger partial charge in [-0.1, -0.05) is 31.2 Å². The van der Waals surface area contributed by atoms with E-state index in [0.29, 0.717) is 13.2 Å². The molecule has 0 radical (unpaired) electrons. The van der Waals surface area contributed by atoms with Gasteiger partial charge < -0.3 is 20.3 Å². The summed E-state index contributed by atoms with van der Waals surface area (Å²) in [6.45, 7) is 4.02. The van der Waals surface area contributed by atoms with Crippen LogP contribution in [0.15, 0.2) is 54.6 Å². The highest BCUT2D eigenvalue weighted by Crippen LogP contribution is 2.17. The fourth-order valence-electron chi connectivity index (χ4n) is 2.19. The molecule has 0 heterocycles. The Hall–Kier alpha value is -2.69. The Morgan fingerprint density at radius 3 is 2.67 bits per heavy atom. The number of urea groups is 1. The summed E-state index contributed by atoms with van der Waals surface area (Å²) < 4.78 is 5.79. The second-order valence-corrected chi connectivity index (χ2v) is 5.51. The lowest BCUT2D eigenvalue weighted by Gasteiger charge is -2.19. The van der Waals surface area contributed by atoms with Crippen LogP contribution < -0.4 is 20.3 Å². The second-order valence-electron chi connectivity index (χ2n) is 5.51. The summed E-state index contributed by atoms with van der Waals surface area (Å²) in [7, 11) is 2.04. The van der Waals surface area contributed by atoms with Crippen molar-refractivity contribution in [2.45, 2.75) is 13.3 Å². The van der Waals surface area contributed by atoms with Gasteiger partial charge in [-0.2, -0.15) is 0 Å². The number of carbonyl (C=O) groups excluding carboxylic acids is 1. The normalized spacial score (nSPS) is 10.1. The maximum absolute atomic E-state index is 11.7. The van der Waals surface area contributed by atoms with Crippen LogP contribution in [-0.4, -0.2) is 32.8 Å². The van der Waals surface area contributed by atoms with Crippen LogP contribution in [0.3, 0.4) is 0 Å². The number of amides is 2. The van der Waals surface area contributed by atoms with Gasteiger partial charge in [0, 0.05) is 31.0 Å². The molecule has 2 aromatic rings. The van der Waals surface area contributed by atoms with Crippen LogP contribution in [-0.2, 0) is 0 Å². The molecule has 0 saturated heterocycles. The number of nitrogens with one attached hydrogen (secondary N) is 2. The number of carbonyl (C=O) groups is 1. The van der Waals surface area contributed by atoms with E-state index >= 15 is 0 Å². The SMILES string of the molecule is CCCNC(=O)Nc1cccc(OCCN(C)c2ccccc2)c1. The Balaban J connectivity index is 1.80. The first-order valence-corrected chi connectivity index (χ1v) is 8.23. The molecule has 5 heteroatoms. The topological polar surface area (TPSA) is 53.6 Å². The van der Waals surface area contributed by atoms with Gasteiger partial charge in [-0.25, -0.2) is 4.79 Å². The highest BCUT2D eigenvalue weighted by molar-refractivity contribution is 5.89. The van der Waals surface area contributed by atoms with Crippen molar-refractivity contribution in [3.63, 3.8) is 0 Å². The summed E-state index contributed by atoms with van der Waals surface area (Å²) in [5, 5.41) is 5.58. The van der Waals surface area contributed by atoms with Gasteiger partial charge in [0.25, 0.3) is 0 Å². The first-order chi connectivity index (χ1) is 11.7.